The number of ether oxygens (including phenoxy) is 2. The Morgan fingerprint density at radius 1 is 1.38 bits per heavy atom. The van der Waals surface area contributed by atoms with Gasteiger partial charge in [-0.25, -0.2) is 19.7 Å². The van der Waals surface area contributed by atoms with E-state index in [0.29, 0.717) is 5.56 Å². The molecule has 1 aromatic heterocycles. The first-order valence-corrected chi connectivity index (χ1v) is 8.81. The Bertz CT molecular complexity index is 978. The molecule has 1 atom stereocenters. The second kappa shape index (κ2) is 9.16. The highest BCUT2D eigenvalue weighted by Crippen LogP contribution is 2.27. The normalized spacial score (nSPS) is 12.0. The average Bonchev–Trinajstić information content (AvgIpc) is 2.65. The molecular formula is C19H22FN5O4. The minimum Gasteiger partial charge on any atom is -0.464 e. The van der Waals surface area contributed by atoms with Gasteiger partial charge in [0.25, 0.3) is 5.56 Å². The Hall–Kier alpha value is -3.45. The zero-order chi connectivity index (χ0) is 21.6. The van der Waals surface area contributed by atoms with Crippen molar-refractivity contribution in [1.82, 2.24) is 15.6 Å². The molecule has 1 aromatic carbocycles. The third-order valence-electron chi connectivity index (χ3n) is 3.75. The van der Waals surface area contributed by atoms with E-state index in [-0.39, 0.29) is 29.5 Å². The quantitative estimate of drug-likeness (QED) is 0.475. The molecular weight excluding hydrogens is 381 g/mol. The van der Waals surface area contributed by atoms with E-state index in [0.717, 1.165) is 6.07 Å². The molecule has 10 heteroatoms. The number of aromatic nitrogens is 2. The number of halogens is 1. The highest BCUT2D eigenvalue weighted by molar-refractivity contribution is 5.79. The molecule has 154 valence electrons. The van der Waals surface area contributed by atoms with Gasteiger partial charge in [-0.3, -0.25) is 4.79 Å². The van der Waals surface area contributed by atoms with Gasteiger partial charge in [0.15, 0.2) is 11.6 Å². The fourth-order valence-corrected chi connectivity index (χ4v) is 2.30. The molecule has 29 heavy (non-hydrogen) atoms. The molecule has 2 aromatic rings. The molecule has 0 bridgehead atoms. The number of hydrazine groups is 1. The summed E-state index contributed by atoms with van der Waals surface area (Å²) in [6.07, 6.45) is 0. The van der Waals surface area contributed by atoms with Crippen LogP contribution in [0.1, 0.15) is 33.3 Å². The number of H-pyrrole nitrogens is 1. The summed E-state index contributed by atoms with van der Waals surface area (Å²) >= 11 is 0. The lowest BCUT2D eigenvalue weighted by Crippen LogP contribution is -2.40. The van der Waals surface area contributed by atoms with Gasteiger partial charge in [-0.2, -0.15) is 5.26 Å². The van der Waals surface area contributed by atoms with Crippen LogP contribution in [-0.2, 0) is 14.9 Å². The molecule has 0 aliphatic rings. The van der Waals surface area contributed by atoms with E-state index >= 15 is 0 Å². The summed E-state index contributed by atoms with van der Waals surface area (Å²) in [5.41, 5.74) is 4.94. The van der Waals surface area contributed by atoms with Gasteiger partial charge in [0.05, 0.1) is 18.4 Å². The molecule has 1 unspecified atom stereocenters. The maximum absolute atomic E-state index is 14.4. The fraction of sp³-hybridized carbons (Fsp3) is 0.368. The first kappa shape index (κ1) is 21.8. The molecule has 9 nitrogen and oxygen atoms in total. The van der Waals surface area contributed by atoms with Crippen LogP contribution < -0.4 is 21.1 Å². The summed E-state index contributed by atoms with van der Waals surface area (Å²) in [7, 11) is 0. The minimum absolute atomic E-state index is 0.0408. The summed E-state index contributed by atoms with van der Waals surface area (Å²) in [4.78, 5) is 23.5. The Balaban J connectivity index is 2.11. The summed E-state index contributed by atoms with van der Waals surface area (Å²) in [6, 6.07) is 5.87. The van der Waals surface area contributed by atoms with Crippen LogP contribution in [0.25, 0.3) is 0 Å². The van der Waals surface area contributed by atoms with Crippen molar-refractivity contribution in [3.8, 4) is 17.7 Å². The zero-order valence-electron chi connectivity index (χ0n) is 16.5. The molecule has 0 aliphatic carbocycles. The molecule has 0 saturated carbocycles. The SMILES string of the molecule is CCOC(=O)C(C#N)NNc1ccc(Oc2cc(C(C)(C)C)c(=O)[nH]n2)c(F)c1. The molecule has 2 rings (SSSR count). The Morgan fingerprint density at radius 2 is 2.10 bits per heavy atom. The molecule has 0 saturated heterocycles. The number of hydrogen-bond donors (Lipinski definition) is 3. The van der Waals surface area contributed by atoms with Gasteiger partial charge in [0.2, 0.25) is 11.9 Å². The summed E-state index contributed by atoms with van der Waals surface area (Å²) in [6.45, 7) is 7.34. The highest BCUT2D eigenvalue weighted by atomic mass is 19.1. The number of carbonyl (C=O) groups is 1. The van der Waals surface area contributed by atoms with Crippen molar-refractivity contribution in [3.63, 3.8) is 0 Å². The standard InChI is InChI=1S/C19H22FN5O4/c1-5-28-18(27)14(10-21)23-22-11-6-7-15(13(20)8-11)29-16-9-12(19(2,3)4)17(26)25-24-16/h6-9,14,22-23H,5H2,1-4H3,(H,25,26). The van der Waals surface area contributed by atoms with Crippen molar-refractivity contribution < 1.29 is 18.7 Å². The van der Waals surface area contributed by atoms with Crippen molar-refractivity contribution in [1.29, 1.82) is 5.26 Å². The predicted octanol–water partition coefficient (Wildman–Crippen LogP) is 2.37. The number of aromatic amines is 1. The highest BCUT2D eigenvalue weighted by Gasteiger charge is 2.20. The van der Waals surface area contributed by atoms with E-state index in [1.54, 1.807) is 13.0 Å². The van der Waals surface area contributed by atoms with Gasteiger partial charge in [-0.1, -0.05) is 20.8 Å². The number of benzene rings is 1. The minimum atomic E-state index is -1.25. The van der Waals surface area contributed by atoms with Gasteiger partial charge in [-0.05, 0) is 24.5 Å². The van der Waals surface area contributed by atoms with Crippen molar-refractivity contribution in [2.24, 2.45) is 0 Å². The molecule has 0 spiro atoms. The molecule has 1 heterocycles. The Labute approximate surface area is 166 Å². The van der Waals surface area contributed by atoms with Crippen LogP contribution in [0.4, 0.5) is 10.1 Å². The molecule has 0 fully saturated rings. The summed E-state index contributed by atoms with van der Waals surface area (Å²) in [5, 5.41) is 15.1. The van der Waals surface area contributed by atoms with Crippen molar-refractivity contribution in [2.75, 3.05) is 12.0 Å². The van der Waals surface area contributed by atoms with Crippen molar-refractivity contribution >= 4 is 11.7 Å². The van der Waals surface area contributed by atoms with Crippen molar-refractivity contribution in [3.05, 3.63) is 46.0 Å². The maximum atomic E-state index is 14.4. The van der Waals surface area contributed by atoms with Crippen LogP contribution in [0.15, 0.2) is 29.1 Å². The second-order valence-corrected chi connectivity index (χ2v) is 7.03. The van der Waals surface area contributed by atoms with Crippen LogP contribution in [0, 0.1) is 17.1 Å². The number of carbonyl (C=O) groups excluding carboxylic acids is 1. The number of nitrogens with zero attached hydrogens (tertiary/aromatic N) is 2. The van der Waals surface area contributed by atoms with Crippen molar-refractivity contribution in [2.45, 2.75) is 39.2 Å². The van der Waals surface area contributed by atoms with Crippen LogP contribution in [0.3, 0.4) is 0 Å². The first-order valence-electron chi connectivity index (χ1n) is 8.81. The predicted molar refractivity (Wildman–Crippen MR) is 103 cm³/mol. The monoisotopic (exact) mass is 403 g/mol. The maximum Gasteiger partial charge on any atom is 0.339 e. The summed E-state index contributed by atoms with van der Waals surface area (Å²) in [5.74, 6) is -1.54. The fourth-order valence-electron chi connectivity index (χ4n) is 2.30. The average molecular weight is 403 g/mol. The summed E-state index contributed by atoms with van der Waals surface area (Å²) < 4.78 is 24.6. The van der Waals surface area contributed by atoms with Gasteiger partial charge in [0, 0.05) is 17.7 Å². The van der Waals surface area contributed by atoms with Gasteiger partial charge < -0.3 is 14.9 Å². The third kappa shape index (κ3) is 5.76. The van der Waals surface area contributed by atoms with E-state index in [1.807, 2.05) is 20.8 Å². The number of rotatable bonds is 7. The smallest absolute Gasteiger partial charge is 0.339 e. The van der Waals surface area contributed by atoms with Crippen LogP contribution >= 0.6 is 0 Å². The van der Waals surface area contributed by atoms with Crippen LogP contribution in [0.5, 0.6) is 11.6 Å². The lowest BCUT2D eigenvalue weighted by molar-refractivity contribution is -0.143. The van der Waals surface area contributed by atoms with Crippen LogP contribution in [0.2, 0.25) is 0 Å². The Morgan fingerprint density at radius 3 is 2.69 bits per heavy atom. The molecule has 0 radical (unpaired) electrons. The topological polar surface area (TPSA) is 129 Å². The number of hydrogen-bond acceptors (Lipinski definition) is 8. The number of nitriles is 1. The molecule has 0 aliphatic heterocycles. The lowest BCUT2D eigenvalue weighted by atomic mass is 9.88. The number of nitrogens with one attached hydrogen (secondary N) is 3. The first-order chi connectivity index (χ1) is 13.7. The Kier molecular flexibility index (Phi) is 6.90. The zero-order valence-corrected chi connectivity index (χ0v) is 16.5. The largest absolute Gasteiger partial charge is 0.464 e. The molecule has 3 N–H and O–H groups in total. The third-order valence-corrected chi connectivity index (χ3v) is 3.75. The number of esters is 1. The lowest BCUT2D eigenvalue weighted by Gasteiger charge is -2.18. The van der Waals surface area contributed by atoms with Gasteiger partial charge >= 0.3 is 5.97 Å². The van der Waals surface area contributed by atoms with Crippen LogP contribution in [-0.4, -0.2) is 28.8 Å². The second-order valence-electron chi connectivity index (χ2n) is 7.03. The van der Waals surface area contributed by atoms with E-state index in [1.165, 1.54) is 18.2 Å². The van der Waals surface area contributed by atoms with Gasteiger partial charge in [-0.15, -0.1) is 5.10 Å². The van der Waals surface area contributed by atoms with E-state index in [2.05, 4.69) is 21.0 Å². The van der Waals surface area contributed by atoms with E-state index in [9.17, 15) is 14.0 Å². The van der Waals surface area contributed by atoms with Gasteiger partial charge in [0.1, 0.15) is 0 Å². The molecule has 0 amide bonds. The number of anilines is 1. The van der Waals surface area contributed by atoms with E-state index in [4.69, 9.17) is 14.7 Å². The van der Waals surface area contributed by atoms with E-state index < -0.39 is 23.2 Å².